The van der Waals surface area contributed by atoms with Gasteiger partial charge in [-0.25, -0.2) is 18.7 Å². The molecular weight excluding hydrogens is 280 g/mol. The summed E-state index contributed by atoms with van der Waals surface area (Å²) in [5.41, 5.74) is -0.414. The number of halogens is 4. The molecule has 1 aromatic heterocycles. The van der Waals surface area contributed by atoms with Crippen LogP contribution in [0.3, 0.4) is 0 Å². The number of morpholine rings is 1. The zero-order chi connectivity index (χ0) is 14.8. The van der Waals surface area contributed by atoms with Gasteiger partial charge in [0, 0.05) is 6.54 Å². The number of hydrogen-bond acceptors (Lipinski definition) is 5. The summed E-state index contributed by atoms with van der Waals surface area (Å²) < 4.78 is 54.9. The molecule has 1 saturated heterocycles. The lowest BCUT2D eigenvalue weighted by Crippen LogP contribution is -2.57. The fourth-order valence-electron chi connectivity index (χ4n) is 1.81. The minimum absolute atomic E-state index is 0.264. The van der Waals surface area contributed by atoms with Gasteiger partial charge in [0.2, 0.25) is 0 Å². The highest BCUT2D eigenvalue weighted by molar-refractivity contribution is 5.31. The Balaban J connectivity index is 1.86. The van der Waals surface area contributed by atoms with Crippen molar-refractivity contribution in [2.24, 2.45) is 0 Å². The molecule has 1 aliphatic rings. The zero-order valence-corrected chi connectivity index (χ0v) is 10.6. The maximum absolute atomic E-state index is 12.9. The van der Waals surface area contributed by atoms with E-state index in [0.29, 0.717) is 5.82 Å². The van der Waals surface area contributed by atoms with Crippen molar-refractivity contribution < 1.29 is 22.3 Å². The van der Waals surface area contributed by atoms with E-state index in [2.05, 4.69) is 25.3 Å². The number of ether oxygens (including phenoxy) is 1. The zero-order valence-electron chi connectivity index (χ0n) is 10.6. The number of hydrogen-bond donors (Lipinski definition) is 2. The van der Waals surface area contributed by atoms with Crippen LogP contribution < -0.4 is 10.6 Å². The Hall–Kier alpha value is -1.48. The summed E-state index contributed by atoms with van der Waals surface area (Å²) in [5.74, 6) is 0.292. The first-order valence-corrected chi connectivity index (χ1v) is 6.00. The lowest BCUT2D eigenvalue weighted by Gasteiger charge is -2.35. The normalized spacial score (nSPS) is 25.7. The van der Waals surface area contributed by atoms with Crippen LogP contribution in [-0.2, 0) is 4.74 Å². The highest BCUT2D eigenvalue weighted by Gasteiger charge is 2.40. The molecule has 0 aliphatic carbocycles. The fraction of sp³-hybridized carbons (Fsp3) is 0.636. The van der Waals surface area contributed by atoms with E-state index in [1.165, 1.54) is 13.1 Å². The lowest BCUT2D eigenvalue weighted by molar-refractivity contribution is -0.278. The molecular formula is C11H14F4N4O. The first kappa shape index (κ1) is 14.9. The van der Waals surface area contributed by atoms with Gasteiger partial charge in [0.05, 0.1) is 31.1 Å². The van der Waals surface area contributed by atoms with Gasteiger partial charge in [-0.2, -0.15) is 8.78 Å². The summed E-state index contributed by atoms with van der Waals surface area (Å²) in [7, 11) is 0. The van der Waals surface area contributed by atoms with Crippen molar-refractivity contribution >= 4 is 5.82 Å². The standard InChI is InChI=1S/C11H14F4N4O/c1-6-7(19-5-11(14,15)20-6)2-17-9-4-16-8(3-18-9)10(12)13/h3-4,6-7,10,19H,2,5H2,1H3,(H,17,18)/t6-,7+/m0/s1. The predicted molar refractivity (Wildman–Crippen MR) is 62.8 cm³/mol. The first-order valence-electron chi connectivity index (χ1n) is 6.00. The van der Waals surface area contributed by atoms with Gasteiger partial charge in [0.15, 0.2) is 0 Å². The van der Waals surface area contributed by atoms with Crippen LogP contribution in [0.15, 0.2) is 12.4 Å². The first-order chi connectivity index (χ1) is 9.37. The van der Waals surface area contributed by atoms with Gasteiger partial charge in [0.1, 0.15) is 11.5 Å². The molecule has 2 atom stereocenters. The van der Waals surface area contributed by atoms with E-state index in [-0.39, 0.29) is 12.6 Å². The van der Waals surface area contributed by atoms with Gasteiger partial charge >= 0.3 is 6.11 Å². The molecule has 1 aliphatic heterocycles. The number of alkyl halides is 4. The van der Waals surface area contributed by atoms with Crippen molar-refractivity contribution in [2.45, 2.75) is 31.6 Å². The third kappa shape index (κ3) is 3.76. The molecule has 9 heteroatoms. The van der Waals surface area contributed by atoms with Gasteiger partial charge < -0.3 is 15.4 Å². The summed E-state index contributed by atoms with van der Waals surface area (Å²) in [4.78, 5) is 7.31. The molecule has 1 fully saturated rings. The number of nitrogens with zero attached hydrogens (tertiary/aromatic N) is 2. The van der Waals surface area contributed by atoms with E-state index < -0.39 is 30.9 Å². The summed E-state index contributed by atoms with van der Waals surface area (Å²) in [6, 6.07) is -0.341. The monoisotopic (exact) mass is 294 g/mol. The topological polar surface area (TPSA) is 59.1 Å². The molecule has 0 saturated carbocycles. The van der Waals surface area contributed by atoms with Crippen LogP contribution in [0.25, 0.3) is 0 Å². The Kier molecular flexibility index (Phi) is 4.39. The average Bonchev–Trinajstić information content (AvgIpc) is 2.37. The molecule has 2 rings (SSSR count). The van der Waals surface area contributed by atoms with Crippen molar-refractivity contribution in [3.8, 4) is 0 Å². The molecule has 0 radical (unpaired) electrons. The molecule has 0 aromatic carbocycles. The molecule has 0 unspecified atom stereocenters. The second kappa shape index (κ2) is 5.88. The average molecular weight is 294 g/mol. The molecule has 0 bridgehead atoms. The quantitative estimate of drug-likeness (QED) is 0.829. The van der Waals surface area contributed by atoms with Gasteiger partial charge in [-0.1, -0.05) is 0 Å². The molecule has 1 aromatic rings. The van der Waals surface area contributed by atoms with Crippen LogP contribution in [0, 0.1) is 0 Å². The van der Waals surface area contributed by atoms with Gasteiger partial charge in [-0.05, 0) is 6.92 Å². The van der Waals surface area contributed by atoms with E-state index in [4.69, 9.17) is 0 Å². The Labute approximate surface area is 112 Å². The van der Waals surface area contributed by atoms with Crippen LogP contribution in [0.2, 0.25) is 0 Å². The van der Waals surface area contributed by atoms with Crippen LogP contribution >= 0.6 is 0 Å². The number of rotatable bonds is 4. The molecule has 112 valence electrons. The van der Waals surface area contributed by atoms with Crippen LogP contribution in [0.5, 0.6) is 0 Å². The van der Waals surface area contributed by atoms with E-state index in [0.717, 1.165) is 6.20 Å². The van der Waals surface area contributed by atoms with E-state index in [9.17, 15) is 17.6 Å². The molecule has 0 spiro atoms. The van der Waals surface area contributed by atoms with Crippen molar-refractivity contribution in [1.29, 1.82) is 0 Å². The maximum atomic E-state index is 12.9. The number of anilines is 1. The highest BCUT2D eigenvalue weighted by atomic mass is 19.3. The fourth-order valence-corrected chi connectivity index (χ4v) is 1.81. The molecule has 20 heavy (non-hydrogen) atoms. The smallest absolute Gasteiger partial charge is 0.367 e. The number of nitrogens with one attached hydrogen (secondary N) is 2. The molecule has 5 nitrogen and oxygen atoms in total. The largest absolute Gasteiger partial charge is 0.368 e. The van der Waals surface area contributed by atoms with Crippen molar-refractivity contribution in [3.63, 3.8) is 0 Å². The van der Waals surface area contributed by atoms with Crippen molar-refractivity contribution in [2.75, 3.05) is 18.4 Å². The minimum atomic E-state index is -3.17. The Bertz CT molecular complexity index is 443. The summed E-state index contributed by atoms with van der Waals surface area (Å²) in [5, 5.41) is 5.49. The maximum Gasteiger partial charge on any atom is 0.368 e. The van der Waals surface area contributed by atoms with E-state index in [1.54, 1.807) is 0 Å². The Morgan fingerprint density at radius 3 is 2.75 bits per heavy atom. The summed E-state index contributed by atoms with van der Waals surface area (Å²) in [6.07, 6.45) is -4.40. The van der Waals surface area contributed by atoms with E-state index in [1.807, 2.05) is 0 Å². The highest BCUT2D eigenvalue weighted by Crippen LogP contribution is 2.23. The van der Waals surface area contributed by atoms with Crippen LogP contribution in [0.1, 0.15) is 19.0 Å². The minimum Gasteiger partial charge on any atom is -0.367 e. The predicted octanol–water partition coefficient (Wildman–Crippen LogP) is 1.80. The molecule has 2 heterocycles. The third-order valence-corrected chi connectivity index (χ3v) is 2.89. The third-order valence-electron chi connectivity index (χ3n) is 2.89. The van der Waals surface area contributed by atoms with E-state index >= 15 is 0 Å². The summed E-state index contributed by atoms with van der Waals surface area (Å²) in [6.45, 7) is 1.22. The second-order valence-corrected chi connectivity index (χ2v) is 4.46. The van der Waals surface area contributed by atoms with Gasteiger partial charge in [-0.15, -0.1) is 0 Å². The lowest BCUT2D eigenvalue weighted by atomic mass is 10.1. The molecule has 2 N–H and O–H groups in total. The Morgan fingerprint density at radius 1 is 1.45 bits per heavy atom. The summed E-state index contributed by atoms with van der Waals surface area (Å²) >= 11 is 0. The van der Waals surface area contributed by atoms with Crippen LogP contribution in [-0.4, -0.2) is 41.3 Å². The number of aromatic nitrogens is 2. The van der Waals surface area contributed by atoms with Gasteiger partial charge in [-0.3, -0.25) is 0 Å². The Morgan fingerprint density at radius 2 is 2.20 bits per heavy atom. The van der Waals surface area contributed by atoms with Crippen LogP contribution in [0.4, 0.5) is 23.4 Å². The van der Waals surface area contributed by atoms with Gasteiger partial charge in [0.25, 0.3) is 6.43 Å². The van der Waals surface area contributed by atoms with Crippen molar-refractivity contribution in [1.82, 2.24) is 15.3 Å². The SMILES string of the molecule is C[C@@H]1OC(F)(F)CN[C@@H]1CNc1cnc(C(F)F)cn1. The van der Waals surface area contributed by atoms with Crippen molar-refractivity contribution in [3.05, 3.63) is 18.1 Å². The molecule has 0 amide bonds. The second-order valence-electron chi connectivity index (χ2n) is 4.46.